The summed E-state index contributed by atoms with van der Waals surface area (Å²) in [6, 6.07) is 0. The zero-order valence-corrected chi connectivity index (χ0v) is 18.4. The standard InChI is InChI=1S/C11H20.3Y/c1-6-11(5)8-7-9(11)10(2,3)4;;;/h9H,1,5-8H2,2-4H3;;;/q-2;;;. The Labute approximate surface area is 166 Å². The molecule has 3 heteroatoms. The van der Waals surface area contributed by atoms with Crippen LogP contribution in [0.5, 0.6) is 0 Å². The average molecular weight is 419 g/mol. The van der Waals surface area contributed by atoms with Crippen molar-refractivity contribution in [2.75, 3.05) is 0 Å². The summed E-state index contributed by atoms with van der Waals surface area (Å²) in [7, 11) is 0. The van der Waals surface area contributed by atoms with Crippen molar-refractivity contribution in [2.45, 2.75) is 40.0 Å². The van der Waals surface area contributed by atoms with Crippen LogP contribution >= 0.6 is 0 Å². The van der Waals surface area contributed by atoms with Gasteiger partial charge in [-0.25, -0.2) is 6.42 Å². The van der Waals surface area contributed by atoms with Crippen molar-refractivity contribution < 1.29 is 98.1 Å². The van der Waals surface area contributed by atoms with E-state index in [1.807, 2.05) is 0 Å². The Morgan fingerprint density at radius 3 is 1.71 bits per heavy atom. The first-order chi connectivity index (χ1) is 4.90. The molecule has 1 rings (SSSR count). The first-order valence-electron chi connectivity index (χ1n) is 4.55. The minimum Gasteiger partial charge on any atom is -0.345 e. The van der Waals surface area contributed by atoms with Crippen LogP contribution in [0.1, 0.15) is 40.0 Å². The maximum absolute atomic E-state index is 4.28. The molecule has 0 heterocycles. The summed E-state index contributed by atoms with van der Waals surface area (Å²) in [4.78, 5) is 0. The predicted octanol–water partition coefficient (Wildman–Crippen LogP) is 3.48. The van der Waals surface area contributed by atoms with Gasteiger partial charge in [0.25, 0.3) is 0 Å². The van der Waals surface area contributed by atoms with Gasteiger partial charge in [0, 0.05) is 98.1 Å². The van der Waals surface area contributed by atoms with Gasteiger partial charge in [-0.2, -0.15) is 5.41 Å². The zero-order valence-electron chi connectivity index (χ0n) is 9.84. The van der Waals surface area contributed by atoms with E-state index in [-0.39, 0.29) is 98.1 Å². The second kappa shape index (κ2) is 8.42. The van der Waals surface area contributed by atoms with E-state index < -0.39 is 0 Å². The number of hydrogen-bond donors (Lipinski definition) is 0. The summed E-state index contributed by atoms with van der Waals surface area (Å²) in [5.74, 6) is 0.785. The molecule has 0 spiro atoms. The van der Waals surface area contributed by atoms with Crippen LogP contribution in [0, 0.1) is 30.6 Å². The smallest absolute Gasteiger partial charge is 0 e. The largest absolute Gasteiger partial charge is 0.345 e. The summed E-state index contributed by atoms with van der Waals surface area (Å²) in [5, 5.41) is 0. The van der Waals surface area contributed by atoms with Crippen molar-refractivity contribution in [3.63, 3.8) is 0 Å². The molecule has 0 aromatic rings. The second-order valence-corrected chi connectivity index (χ2v) is 5.07. The fraction of sp³-hybridized carbons (Fsp3) is 0.818. The Morgan fingerprint density at radius 1 is 1.21 bits per heavy atom. The van der Waals surface area contributed by atoms with Gasteiger partial charge in [0.05, 0.1) is 0 Å². The summed E-state index contributed by atoms with van der Waals surface area (Å²) < 4.78 is 0. The molecule has 0 aliphatic heterocycles. The summed E-state index contributed by atoms with van der Waals surface area (Å²) in [6.07, 6.45) is 3.62. The van der Waals surface area contributed by atoms with E-state index in [2.05, 4.69) is 34.6 Å². The molecule has 3 radical (unpaired) electrons. The van der Waals surface area contributed by atoms with E-state index in [4.69, 9.17) is 0 Å². The summed E-state index contributed by atoms with van der Waals surface area (Å²) in [6.45, 7) is 15.2. The monoisotopic (exact) mass is 419 g/mol. The van der Waals surface area contributed by atoms with Crippen LogP contribution in [0.3, 0.4) is 0 Å². The van der Waals surface area contributed by atoms with Crippen molar-refractivity contribution in [1.29, 1.82) is 0 Å². The quantitative estimate of drug-likeness (QED) is 0.572. The Hall–Kier alpha value is 3.31. The van der Waals surface area contributed by atoms with E-state index in [0.717, 1.165) is 12.3 Å². The van der Waals surface area contributed by atoms with Gasteiger partial charge in [-0.05, 0) is 5.41 Å². The topological polar surface area (TPSA) is 0 Å². The normalized spacial score (nSPS) is 30.2. The van der Waals surface area contributed by atoms with Crippen molar-refractivity contribution in [2.24, 2.45) is 16.7 Å². The molecule has 1 fully saturated rings. The number of hydrogen-bond acceptors (Lipinski definition) is 0. The van der Waals surface area contributed by atoms with E-state index in [1.165, 1.54) is 12.8 Å². The Morgan fingerprint density at radius 2 is 1.64 bits per heavy atom. The molecule has 0 saturated heterocycles. The molecule has 2 unspecified atom stereocenters. The van der Waals surface area contributed by atoms with Crippen molar-refractivity contribution in [3.8, 4) is 0 Å². The van der Waals surface area contributed by atoms with Crippen LogP contribution in [0.2, 0.25) is 0 Å². The van der Waals surface area contributed by atoms with Gasteiger partial charge in [-0.15, -0.1) is 0 Å². The molecule has 1 aliphatic rings. The molecule has 14 heavy (non-hydrogen) atoms. The molecular weight excluding hydrogens is 399 g/mol. The van der Waals surface area contributed by atoms with Gasteiger partial charge in [0.15, 0.2) is 0 Å². The molecule has 0 N–H and O–H groups in total. The molecular formula is C11H20Y3-2. The van der Waals surface area contributed by atoms with Crippen molar-refractivity contribution >= 4 is 0 Å². The maximum Gasteiger partial charge on any atom is 0 e. The van der Waals surface area contributed by atoms with Crippen LogP contribution in [-0.2, 0) is 98.1 Å². The number of rotatable bonds is 1. The minimum absolute atomic E-state index is 0. The molecule has 0 aromatic heterocycles. The molecule has 75 valence electrons. The van der Waals surface area contributed by atoms with Gasteiger partial charge in [0.1, 0.15) is 0 Å². The summed E-state index contributed by atoms with van der Waals surface area (Å²) >= 11 is 0. The van der Waals surface area contributed by atoms with E-state index in [0.29, 0.717) is 10.8 Å². The summed E-state index contributed by atoms with van der Waals surface area (Å²) in [5.41, 5.74) is 0.732. The molecule has 2 atom stereocenters. The fourth-order valence-corrected chi connectivity index (χ4v) is 2.35. The van der Waals surface area contributed by atoms with E-state index >= 15 is 0 Å². The predicted molar refractivity (Wildman–Crippen MR) is 49.9 cm³/mol. The third-order valence-electron chi connectivity index (χ3n) is 3.21. The van der Waals surface area contributed by atoms with Gasteiger partial charge >= 0.3 is 0 Å². The molecule has 0 aromatic carbocycles. The van der Waals surface area contributed by atoms with Gasteiger partial charge in [-0.1, -0.05) is 39.5 Å². The van der Waals surface area contributed by atoms with Crippen LogP contribution in [0.25, 0.3) is 0 Å². The first kappa shape index (κ1) is 22.5. The fourth-order valence-electron chi connectivity index (χ4n) is 2.35. The minimum atomic E-state index is 0. The molecule has 0 bridgehead atoms. The Bertz CT molecular complexity index is 147. The van der Waals surface area contributed by atoms with E-state index in [1.54, 1.807) is 0 Å². The Balaban J connectivity index is -0.000000403. The van der Waals surface area contributed by atoms with E-state index in [9.17, 15) is 0 Å². The van der Waals surface area contributed by atoms with Crippen LogP contribution < -0.4 is 0 Å². The molecule has 1 saturated carbocycles. The molecule has 0 nitrogen and oxygen atoms in total. The van der Waals surface area contributed by atoms with Gasteiger partial charge in [0.2, 0.25) is 0 Å². The third kappa shape index (κ3) is 5.31. The van der Waals surface area contributed by atoms with Gasteiger partial charge in [-0.3, -0.25) is 0 Å². The third-order valence-corrected chi connectivity index (χ3v) is 3.21. The second-order valence-electron chi connectivity index (χ2n) is 5.07. The van der Waals surface area contributed by atoms with Crippen LogP contribution in [0.4, 0.5) is 0 Å². The van der Waals surface area contributed by atoms with Crippen molar-refractivity contribution in [3.05, 3.63) is 13.8 Å². The first-order valence-corrected chi connectivity index (χ1v) is 4.55. The van der Waals surface area contributed by atoms with Crippen molar-refractivity contribution in [1.82, 2.24) is 0 Å². The zero-order chi connectivity index (χ0) is 8.70. The van der Waals surface area contributed by atoms with Crippen LogP contribution in [-0.4, -0.2) is 0 Å². The van der Waals surface area contributed by atoms with Crippen LogP contribution in [0.15, 0.2) is 0 Å². The molecule has 0 amide bonds. The maximum atomic E-state index is 4.28. The average Bonchev–Trinajstić information content (AvgIpc) is 1.80. The van der Waals surface area contributed by atoms with Gasteiger partial charge < -0.3 is 13.8 Å². The Kier molecular flexibility index (Phi) is 13.5. The SMILES string of the molecule is [CH2-]CC1([CH2-])CCC1C(C)(C)C.[Y].[Y].[Y]. The molecule has 1 aliphatic carbocycles.